The van der Waals surface area contributed by atoms with Gasteiger partial charge < -0.3 is 135 Å². The zero-order chi connectivity index (χ0) is 62.0. The highest BCUT2D eigenvalue weighted by atomic mass is 31.2. The molecule has 492 valence electrons. The van der Waals surface area contributed by atoms with Crippen LogP contribution < -0.4 is 0 Å². The standard InChI is InChI=1S/C52H93O31P/c1-2-3-4-5-6-7-8-9-10-11-12-13-14-15-16-17-32(56)74-21-25(55)22-77-84(72,73)83-48-26(33(57)39(63)44(68)49(48)82-52-47(71)42(66)36(60)29(20-54)80-52)18-27-34(58)40(64)37(61)30(78-27)23-75-51-46(70)43(67)38(62)31(81-51)24-76-50-45(69)41(65)35(59)28(19-53)79-50/h9-10,25-31,33-55,57-71H,2-8,11-24H2,1H3,(H,72,73)/b10-9-/t25-,26?,27+,28?,29?,30?,31?,33?,34-,35+,36-,37+,38+,39-,40?,41?,42?,43?,44?,45+,46+,47-,48-,49-,50-,51-,52-/m1/s1. The number of unbranched alkanes of at least 4 members (excludes halogenated alkanes) is 11. The second-order valence-corrected chi connectivity index (χ2v) is 23.6. The Morgan fingerprint density at radius 1 is 0.488 bits per heavy atom. The smallest absolute Gasteiger partial charge is 0.463 e. The largest absolute Gasteiger partial charge is 0.472 e. The van der Waals surface area contributed by atoms with Gasteiger partial charge >= 0.3 is 13.8 Å². The molecule has 0 aromatic heterocycles. The molecule has 0 amide bonds. The summed E-state index contributed by atoms with van der Waals surface area (Å²) in [7, 11) is -5.61. The number of carbonyl (C=O) groups excluding carboxylic acids is 1. The minimum absolute atomic E-state index is 0.0227. The van der Waals surface area contributed by atoms with Gasteiger partial charge in [-0.15, -0.1) is 0 Å². The summed E-state index contributed by atoms with van der Waals surface area (Å²) in [6, 6.07) is 0. The van der Waals surface area contributed by atoms with Crippen molar-refractivity contribution in [3.05, 3.63) is 12.2 Å². The SMILES string of the molecule is CCCCCCCC/C=C\CCCCCCCC(=O)OC[C@@H](O)COP(=O)(O)O[C@@H]1C(C[C@@H]2OC(CO[C@@H]3OC(CO[C@@H]4OC(CO)[C@H](O)C(O)[C@@H]4O)[C@H](O)C(O)[C@@H]3O)[C@H](O)C(O)[C@@H]2O)C(O)[C@@H](O)C(O)[C@H]1O[C@H]1OC(CO)[C@@H](O)C(O)[C@H]1O. The van der Waals surface area contributed by atoms with Gasteiger partial charge in [-0.2, -0.15) is 0 Å². The Hall–Kier alpha value is -1.68. The van der Waals surface area contributed by atoms with E-state index in [9.17, 15) is 106 Å². The van der Waals surface area contributed by atoms with E-state index in [0.29, 0.717) is 6.42 Å². The van der Waals surface area contributed by atoms with E-state index in [0.717, 1.165) is 38.5 Å². The first-order chi connectivity index (χ1) is 39.9. The monoisotopic (exact) mass is 1240 g/mol. The van der Waals surface area contributed by atoms with Gasteiger partial charge in [0, 0.05) is 12.3 Å². The third kappa shape index (κ3) is 20.4. The van der Waals surface area contributed by atoms with Gasteiger partial charge in [0.1, 0.15) is 135 Å². The molecule has 5 aliphatic rings. The Bertz CT molecular complexity index is 1950. The highest BCUT2D eigenvalue weighted by molar-refractivity contribution is 7.47. The molecule has 1 aliphatic carbocycles. The number of ether oxygens (including phenoxy) is 8. The number of rotatable bonds is 34. The Morgan fingerprint density at radius 3 is 1.45 bits per heavy atom. The van der Waals surface area contributed by atoms with E-state index in [2.05, 4.69) is 19.1 Å². The van der Waals surface area contributed by atoms with Crippen LogP contribution in [0, 0.1) is 5.92 Å². The summed E-state index contributed by atoms with van der Waals surface area (Å²) in [5, 5.41) is 192. The highest BCUT2D eigenvalue weighted by Gasteiger charge is 2.58. The first kappa shape index (κ1) is 73.1. The molecule has 5 rings (SSSR count). The third-order valence-corrected chi connectivity index (χ3v) is 16.8. The van der Waals surface area contributed by atoms with Gasteiger partial charge in [-0.05, 0) is 38.5 Å². The van der Waals surface area contributed by atoms with E-state index in [1.807, 2.05) is 0 Å². The number of carbonyl (C=O) groups is 1. The lowest BCUT2D eigenvalue weighted by atomic mass is 9.74. The molecule has 4 heterocycles. The van der Waals surface area contributed by atoms with Crippen molar-refractivity contribution < 1.29 is 153 Å². The third-order valence-electron chi connectivity index (χ3n) is 15.8. The summed E-state index contributed by atoms with van der Waals surface area (Å²) >= 11 is 0. The molecule has 0 spiro atoms. The summed E-state index contributed by atoms with van der Waals surface area (Å²) < 4.78 is 68.3. The van der Waals surface area contributed by atoms with Crippen LogP contribution in [-0.4, -0.2) is 302 Å². The number of aliphatic hydroxyl groups is 18. The van der Waals surface area contributed by atoms with Crippen molar-refractivity contribution in [1.82, 2.24) is 0 Å². The minimum Gasteiger partial charge on any atom is -0.463 e. The van der Waals surface area contributed by atoms with Gasteiger partial charge in [-0.1, -0.05) is 70.4 Å². The van der Waals surface area contributed by atoms with E-state index < -0.39 is 225 Å². The first-order valence-electron chi connectivity index (χ1n) is 28.9. The molecule has 84 heavy (non-hydrogen) atoms. The highest BCUT2D eigenvalue weighted by Crippen LogP contribution is 2.50. The molecular weight excluding hydrogens is 1150 g/mol. The predicted octanol–water partition coefficient (Wildman–Crippen LogP) is -5.79. The van der Waals surface area contributed by atoms with E-state index in [-0.39, 0.29) is 6.42 Å². The van der Waals surface area contributed by atoms with Crippen LogP contribution in [0.15, 0.2) is 12.2 Å². The summed E-state index contributed by atoms with van der Waals surface area (Å²) in [5.74, 6) is -2.57. The molecule has 4 saturated heterocycles. The summed E-state index contributed by atoms with van der Waals surface area (Å²) in [6.07, 6.45) is -33.8. The first-order valence-corrected chi connectivity index (χ1v) is 30.4. The quantitative estimate of drug-likeness (QED) is 0.0124. The average Bonchev–Trinajstić information content (AvgIpc) is 3.62. The lowest BCUT2D eigenvalue weighted by Gasteiger charge is -2.50. The molecule has 1 saturated carbocycles. The molecule has 5 fully saturated rings. The normalized spacial score (nSPS) is 41.5. The Balaban J connectivity index is 1.21. The molecule has 32 heteroatoms. The molecule has 0 bridgehead atoms. The fourth-order valence-electron chi connectivity index (χ4n) is 10.6. The van der Waals surface area contributed by atoms with Gasteiger partial charge in [0.15, 0.2) is 18.9 Å². The van der Waals surface area contributed by atoms with Gasteiger partial charge in [-0.25, -0.2) is 4.57 Å². The predicted molar refractivity (Wildman–Crippen MR) is 281 cm³/mol. The van der Waals surface area contributed by atoms with Crippen LogP contribution in [0.25, 0.3) is 0 Å². The second-order valence-electron chi connectivity index (χ2n) is 22.2. The maximum Gasteiger partial charge on any atom is 0.472 e. The maximum absolute atomic E-state index is 13.8. The number of phosphoric acid groups is 1. The van der Waals surface area contributed by atoms with Crippen molar-refractivity contribution >= 4 is 13.8 Å². The van der Waals surface area contributed by atoms with Crippen molar-refractivity contribution in [1.29, 1.82) is 0 Å². The molecular formula is C52H93O31P. The fraction of sp³-hybridized carbons (Fsp3) is 0.942. The number of phosphoric ester groups is 1. The van der Waals surface area contributed by atoms with Gasteiger partial charge in [0.2, 0.25) is 0 Å². The van der Waals surface area contributed by atoms with E-state index in [1.165, 1.54) is 38.5 Å². The molecule has 12 unspecified atom stereocenters. The molecule has 0 radical (unpaired) electrons. The molecule has 0 aromatic rings. The summed E-state index contributed by atoms with van der Waals surface area (Å²) in [5.41, 5.74) is 0. The minimum atomic E-state index is -5.61. The second kappa shape index (κ2) is 35.6. The molecule has 19 N–H and O–H groups in total. The molecule has 31 nitrogen and oxygen atoms in total. The zero-order valence-electron chi connectivity index (χ0n) is 46.9. The van der Waals surface area contributed by atoms with Gasteiger partial charge in [0.05, 0.1) is 45.2 Å². The number of aliphatic hydroxyl groups excluding tert-OH is 18. The Morgan fingerprint density at radius 2 is 0.917 bits per heavy atom. The molecule has 28 atom stereocenters. The van der Waals surface area contributed by atoms with Crippen LogP contribution in [0.4, 0.5) is 0 Å². The number of esters is 1. The van der Waals surface area contributed by atoms with E-state index in [1.54, 1.807) is 0 Å². The van der Waals surface area contributed by atoms with Crippen LogP contribution in [0.3, 0.4) is 0 Å². The summed E-state index contributed by atoms with van der Waals surface area (Å²) in [4.78, 5) is 23.6. The Labute approximate surface area is 486 Å². The van der Waals surface area contributed by atoms with Gasteiger partial charge in [-0.3, -0.25) is 13.8 Å². The van der Waals surface area contributed by atoms with Crippen LogP contribution >= 0.6 is 7.82 Å². The van der Waals surface area contributed by atoms with Crippen LogP contribution in [0.5, 0.6) is 0 Å². The van der Waals surface area contributed by atoms with Crippen molar-refractivity contribution in [2.75, 3.05) is 39.6 Å². The maximum atomic E-state index is 13.8. The fourth-order valence-corrected chi connectivity index (χ4v) is 11.6. The van der Waals surface area contributed by atoms with Crippen molar-refractivity contribution in [2.45, 2.75) is 262 Å². The zero-order valence-corrected chi connectivity index (χ0v) is 47.8. The molecule has 0 aromatic carbocycles. The van der Waals surface area contributed by atoms with Crippen molar-refractivity contribution in [3.63, 3.8) is 0 Å². The van der Waals surface area contributed by atoms with Crippen LogP contribution in [0.2, 0.25) is 0 Å². The van der Waals surface area contributed by atoms with Crippen LogP contribution in [0.1, 0.15) is 103 Å². The van der Waals surface area contributed by atoms with Crippen LogP contribution in [-0.2, 0) is 56.3 Å². The Kier molecular flexibility index (Phi) is 31.0. The average molecular weight is 1250 g/mol. The number of hydrogen-bond acceptors (Lipinski definition) is 30. The lowest BCUT2D eigenvalue weighted by molar-refractivity contribution is -0.339. The van der Waals surface area contributed by atoms with Gasteiger partial charge in [0.25, 0.3) is 0 Å². The lowest BCUT2D eigenvalue weighted by Crippen LogP contribution is -2.67. The van der Waals surface area contributed by atoms with E-state index in [4.69, 9.17) is 46.9 Å². The molecule has 4 aliphatic heterocycles. The van der Waals surface area contributed by atoms with Crippen molar-refractivity contribution in [2.24, 2.45) is 5.92 Å². The number of allylic oxidation sites excluding steroid dienone is 2. The number of hydrogen-bond donors (Lipinski definition) is 19. The topological polar surface area (TPSA) is 511 Å². The summed E-state index contributed by atoms with van der Waals surface area (Å²) in [6.45, 7) is -2.97. The van der Waals surface area contributed by atoms with Crippen molar-refractivity contribution in [3.8, 4) is 0 Å². The van der Waals surface area contributed by atoms with E-state index >= 15 is 0 Å².